The molecular weight excluding hydrogens is 302 g/mol. The van der Waals surface area contributed by atoms with E-state index in [0.717, 1.165) is 0 Å². The molecule has 0 fully saturated rings. The fourth-order valence-corrected chi connectivity index (χ4v) is 1.77. The summed E-state index contributed by atoms with van der Waals surface area (Å²) < 4.78 is 0.375. The first-order valence-electron chi connectivity index (χ1n) is 5.40. The maximum absolute atomic E-state index is 11.7. The van der Waals surface area contributed by atoms with Crippen molar-refractivity contribution in [3.05, 3.63) is 32.8 Å². The van der Waals surface area contributed by atoms with E-state index in [-0.39, 0.29) is 17.5 Å². The maximum atomic E-state index is 11.7. The standard InChI is InChI=1S/C11H14BrN3O3/c1-7(4-5-13)11(16)14-8-2-3-9(12)10(6-8)15(17)18/h2-3,6-7H,4-5,13H2,1H3,(H,14,16). The van der Waals surface area contributed by atoms with Gasteiger partial charge in [-0.05, 0) is 41.0 Å². The fourth-order valence-electron chi connectivity index (χ4n) is 1.38. The number of anilines is 1. The lowest BCUT2D eigenvalue weighted by Gasteiger charge is -2.11. The Balaban J connectivity index is 2.82. The third kappa shape index (κ3) is 3.78. The molecule has 1 amide bonds. The molecule has 1 rings (SSSR count). The first-order chi connectivity index (χ1) is 8.45. The van der Waals surface area contributed by atoms with E-state index in [4.69, 9.17) is 5.73 Å². The fraction of sp³-hybridized carbons (Fsp3) is 0.364. The Morgan fingerprint density at radius 2 is 2.28 bits per heavy atom. The summed E-state index contributed by atoms with van der Waals surface area (Å²) in [5.74, 6) is -0.422. The van der Waals surface area contributed by atoms with E-state index in [2.05, 4.69) is 21.2 Å². The smallest absolute Gasteiger partial charge is 0.285 e. The van der Waals surface area contributed by atoms with E-state index in [9.17, 15) is 14.9 Å². The van der Waals surface area contributed by atoms with Gasteiger partial charge < -0.3 is 11.1 Å². The van der Waals surface area contributed by atoms with Crippen LogP contribution in [0.4, 0.5) is 11.4 Å². The number of benzene rings is 1. The summed E-state index contributed by atoms with van der Waals surface area (Å²) in [5.41, 5.74) is 5.69. The Bertz CT molecular complexity index is 465. The predicted molar refractivity (Wildman–Crippen MR) is 72.3 cm³/mol. The van der Waals surface area contributed by atoms with Crippen LogP contribution in [0.25, 0.3) is 0 Å². The maximum Gasteiger partial charge on any atom is 0.285 e. The number of nitrogens with one attached hydrogen (secondary N) is 1. The van der Waals surface area contributed by atoms with Crippen LogP contribution in [0, 0.1) is 16.0 Å². The lowest BCUT2D eigenvalue weighted by atomic mass is 10.1. The highest BCUT2D eigenvalue weighted by Gasteiger charge is 2.16. The molecule has 0 spiro atoms. The van der Waals surface area contributed by atoms with Crippen LogP contribution in [0.5, 0.6) is 0 Å². The van der Waals surface area contributed by atoms with Crippen molar-refractivity contribution >= 4 is 33.2 Å². The van der Waals surface area contributed by atoms with Crippen LogP contribution >= 0.6 is 15.9 Å². The van der Waals surface area contributed by atoms with Gasteiger partial charge >= 0.3 is 0 Å². The first-order valence-corrected chi connectivity index (χ1v) is 6.20. The summed E-state index contributed by atoms with van der Waals surface area (Å²) in [6, 6.07) is 4.45. The Morgan fingerprint density at radius 1 is 1.61 bits per heavy atom. The van der Waals surface area contributed by atoms with Crippen LogP contribution in [-0.2, 0) is 4.79 Å². The van der Waals surface area contributed by atoms with E-state index >= 15 is 0 Å². The molecule has 98 valence electrons. The number of carbonyl (C=O) groups excluding carboxylic acids is 1. The molecule has 0 aromatic heterocycles. The average molecular weight is 316 g/mol. The van der Waals surface area contributed by atoms with E-state index in [1.807, 2.05) is 0 Å². The average Bonchev–Trinajstić information content (AvgIpc) is 2.31. The largest absolute Gasteiger partial charge is 0.330 e. The van der Waals surface area contributed by atoms with Gasteiger partial charge in [0.2, 0.25) is 5.91 Å². The second-order valence-electron chi connectivity index (χ2n) is 3.89. The summed E-state index contributed by atoms with van der Waals surface area (Å²) in [4.78, 5) is 22.0. The van der Waals surface area contributed by atoms with Gasteiger partial charge in [-0.2, -0.15) is 0 Å². The molecule has 6 nitrogen and oxygen atoms in total. The van der Waals surface area contributed by atoms with Crippen LogP contribution < -0.4 is 11.1 Å². The second kappa shape index (κ2) is 6.46. The summed E-state index contributed by atoms with van der Waals surface area (Å²) in [6.45, 7) is 2.19. The summed E-state index contributed by atoms with van der Waals surface area (Å²) in [7, 11) is 0. The van der Waals surface area contributed by atoms with Crippen molar-refractivity contribution in [2.24, 2.45) is 11.7 Å². The second-order valence-corrected chi connectivity index (χ2v) is 4.75. The molecule has 0 radical (unpaired) electrons. The molecule has 0 heterocycles. The lowest BCUT2D eigenvalue weighted by molar-refractivity contribution is -0.385. The molecule has 1 unspecified atom stereocenters. The van der Waals surface area contributed by atoms with Crippen LogP contribution in [-0.4, -0.2) is 17.4 Å². The topological polar surface area (TPSA) is 98.3 Å². The monoisotopic (exact) mass is 315 g/mol. The highest BCUT2D eigenvalue weighted by molar-refractivity contribution is 9.10. The zero-order chi connectivity index (χ0) is 13.7. The van der Waals surface area contributed by atoms with Crippen LogP contribution in [0.3, 0.4) is 0 Å². The minimum Gasteiger partial charge on any atom is -0.330 e. The molecule has 0 aliphatic carbocycles. The molecule has 1 atom stereocenters. The van der Waals surface area contributed by atoms with Gasteiger partial charge in [-0.25, -0.2) is 0 Å². The number of hydrogen-bond acceptors (Lipinski definition) is 4. The molecule has 7 heteroatoms. The number of carbonyl (C=O) groups is 1. The molecule has 18 heavy (non-hydrogen) atoms. The van der Waals surface area contributed by atoms with E-state index in [0.29, 0.717) is 23.1 Å². The number of nitro benzene ring substituents is 1. The van der Waals surface area contributed by atoms with E-state index in [1.54, 1.807) is 13.0 Å². The minimum atomic E-state index is -0.511. The van der Waals surface area contributed by atoms with Crippen LogP contribution in [0.2, 0.25) is 0 Å². The van der Waals surface area contributed by atoms with Crippen LogP contribution in [0.1, 0.15) is 13.3 Å². The molecule has 0 aliphatic rings. The quantitative estimate of drug-likeness (QED) is 0.643. The number of nitrogens with zero attached hydrogens (tertiary/aromatic N) is 1. The van der Waals surface area contributed by atoms with Crippen molar-refractivity contribution < 1.29 is 9.72 Å². The molecule has 0 saturated carbocycles. The Hall–Kier alpha value is -1.47. The van der Waals surface area contributed by atoms with E-state index < -0.39 is 4.92 Å². The third-order valence-corrected chi connectivity index (χ3v) is 3.13. The van der Waals surface area contributed by atoms with Crippen molar-refractivity contribution in [1.29, 1.82) is 0 Å². The summed E-state index contributed by atoms with van der Waals surface area (Å²) in [5, 5.41) is 13.4. The first kappa shape index (κ1) is 14.6. The highest BCUT2D eigenvalue weighted by atomic mass is 79.9. The number of hydrogen-bond donors (Lipinski definition) is 2. The third-order valence-electron chi connectivity index (χ3n) is 2.46. The number of nitrogens with two attached hydrogens (primary N) is 1. The number of amides is 1. The van der Waals surface area contributed by atoms with Gasteiger partial charge in [-0.15, -0.1) is 0 Å². The highest BCUT2D eigenvalue weighted by Crippen LogP contribution is 2.28. The molecule has 1 aromatic carbocycles. The van der Waals surface area contributed by atoms with Crippen LogP contribution in [0.15, 0.2) is 22.7 Å². The number of rotatable bonds is 5. The summed E-state index contributed by atoms with van der Waals surface area (Å²) in [6.07, 6.45) is 0.574. The van der Waals surface area contributed by atoms with Gasteiger partial charge in [-0.1, -0.05) is 6.92 Å². The van der Waals surface area contributed by atoms with Gasteiger partial charge in [0.15, 0.2) is 0 Å². The van der Waals surface area contributed by atoms with Crippen molar-refractivity contribution in [2.75, 3.05) is 11.9 Å². The molecular formula is C11H14BrN3O3. The van der Waals surface area contributed by atoms with Crippen molar-refractivity contribution in [1.82, 2.24) is 0 Å². The van der Waals surface area contributed by atoms with Gasteiger partial charge in [0.25, 0.3) is 5.69 Å². The minimum absolute atomic E-state index is 0.0840. The molecule has 0 bridgehead atoms. The van der Waals surface area contributed by atoms with Crippen molar-refractivity contribution in [3.63, 3.8) is 0 Å². The molecule has 0 aliphatic heterocycles. The SMILES string of the molecule is CC(CCN)C(=O)Nc1ccc(Br)c([N+](=O)[O-])c1. The predicted octanol–water partition coefficient (Wildman–Crippen LogP) is 2.28. The molecule has 1 aromatic rings. The normalized spacial score (nSPS) is 11.9. The zero-order valence-corrected chi connectivity index (χ0v) is 11.4. The lowest BCUT2D eigenvalue weighted by Crippen LogP contribution is -2.22. The number of halogens is 1. The van der Waals surface area contributed by atoms with Crippen molar-refractivity contribution in [3.8, 4) is 0 Å². The molecule has 3 N–H and O–H groups in total. The number of nitro groups is 1. The Morgan fingerprint density at radius 3 is 2.83 bits per heavy atom. The van der Waals surface area contributed by atoms with Crippen molar-refractivity contribution in [2.45, 2.75) is 13.3 Å². The van der Waals surface area contributed by atoms with Gasteiger partial charge in [0, 0.05) is 17.7 Å². The zero-order valence-electron chi connectivity index (χ0n) is 9.85. The van der Waals surface area contributed by atoms with Gasteiger partial charge in [-0.3, -0.25) is 14.9 Å². The van der Waals surface area contributed by atoms with Gasteiger partial charge in [0.05, 0.1) is 9.40 Å². The Labute approximate surface area is 113 Å². The van der Waals surface area contributed by atoms with Gasteiger partial charge in [0.1, 0.15) is 0 Å². The Kier molecular flexibility index (Phi) is 5.24. The summed E-state index contributed by atoms with van der Waals surface area (Å²) >= 11 is 3.08. The van der Waals surface area contributed by atoms with E-state index in [1.165, 1.54) is 12.1 Å². The molecule has 0 saturated heterocycles.